The van der Waals surface area contributed by atoms with Crippen molar-refractivity contribution < 1.29 is 0 Å². The van der Waals surface area contributed by atoms with Crippen LogP contribution in [0.3, 0.4) is 0 Å². The number of azide groups is 1. The van der Waals surface area contributed by atoms with Crippen molar-refractivity contribution in [2.24, 2.45) is 28.8 Å². The van der Waals surface area contributed by atoms with Crippen LogP contribution in [0.2, 0.25) is 0 Å². The zero-order chi connectivity index (χ0) is 8.13. The van der Waals surface area contributed by atoms with Gasteiger partial charge in [-0.25, -0.2) is 0 Å². The van der Waals surface area contributed by atoms with Crippen molar-refractivity contribution in [3.05, 3.63) is 22.6 Å². The lowest BCUT2D eigenvalue weighted by molar-refractivity contribution is 0.345. The minimum Gasteiger partial charge on any atom is -0.0900 e. The highest BCUT2D eigenvalue weighted by Gasteiger charge is 2.55. The zero-order valence-electron chi connectivity index (χ0n) is 6.80. The van der Waals surface area contributed by atoms with Gasteiger partial charge in [0.15, 0.2) is 0 Å². The Bertz CT molecular complexity index is 290. The fourth-order valence-corrected chi connectivity index (χ4v) is 3.03. The maximum Gasteiger partial charge on any atom is 0.0439 e. The molecule has 0 aromatic heterocycles. The molecule has 3 aliphatic rings. The Balaban J connectivity index is 1.91. The maximum absolute atomic E-state index is 8.38. The fourth-order valence-electron chi connectivity index (χ4n) is 3.03. The molecular formula is C9H11N3. The highest BCUT2D eigenvalue weighted by Crippen LogP contribution is 2.61. The van der Waals surface area contributed by atoms with Crippen LogP contribution in [0.25, 0.3) is 10.4 Å². The summed E-state index contributed by atoms with van der Waals surface area (Å²) < 4.78 is 0. The Hall–Kier alpha value is -0.950. The van der Waals surface area contributed by atoms with E-state index >= 15 is 0 Å². The lowest BCUT2D eigenvalue weighted by Gasteiger charge is -2.25. The Kier molecular flexibility index (Phi) is 1.12. The van der Waals surface area contributed by atoms with Gasteiger partial charge in [0.05, 0.1) is 0 Å². The summed E-state index contributed by atoms with van der Waals surface area (Å²) in [6.07, 6.45) is 7.02. The minimum atomic E-state index is 0.264. The van der Waals surface area contributed by atoms with E-state index in [0.717, 1.165) is 24.2 Å². The molecule has 0 saturated heterocycles. The van der Waals surface area contributed by atoms with E-state index in [4.69, 9.17) is 5.53 Å². The summed E-state index contributed by atoms with van der Waals surface area (Å²) in [5, 5.41) is 3.87. The molecule has 2 saturated carbocycles. The molecule has 3 nitrogen and oxygen atoms in total. The first kappa shape index (κ1) is 6.55. The second-order valence-corrected chi connectivity index (χ2v) is 4.20. The Morgan fingerprint density at radius 1 is 1.25 bits per heavy atom. The van der Waals surface area contributed by atoms with Crippen molar-refractivity contribution in [2.75, 3.05) is 0 Å². The molecule has 5 atom stereocenters. The smallest absolute Gasteiger partial charge is 0.0439 e. The van der Waals surface area contributed by atoms with Crippen molar-refractivity contribution >= 4 is 0 Å². The first-order valence-corrected chi connectivity index (χ1v) is 4.62. The molecular weight excluding hydrogens is 150 g/mol. The predicted octanol–water partition coefficient (Wildman–Crippen LogP) is 2.51. The molecule has 0 radical (unpaired) electrons. The number of nitrogens with zero attached hydrogens (tertiary/aromatic N) is 3. The third-order valence-corrected chi connectivity index (χ3v) is 3.73. The van der Waals surface area contributed by atoms with E-state index in [9.17, 15) is 0 Å². The average Bonchev–Trinajstić information content (AvgIpc) is 2.81. The summed E-state index contributed by atoms with van der Waals surface area (Å²) in [6, 6.07) is 0.264. The molecule has 0 amide bonds. The fraction of sp³-hybridized carbons (Fsp3) is 0.778. The standard InChI is InChI=1S/C9H11N3/c10-12-11-9-4-8-6-2-1-5(9)3-7(6)8/h1-2,5-9H,3-4H2. The normalized spacial score (nSPS) is 52.8. The molecule has 0 spiro atoms. The van der Waals surface area contributed by atoms with Crippen LogP contribution < -0.4 is 0 Å². The van der Waals surface area contributed by atoms with E-state index in [0.29, 0.717) is 5.92 Å². The quantitative estimate of drug-likeness (QED) is 0.245. The van der Waals surface area contributed by atoms with Crippen LogP contribution in [0, 0.1) is 23.7 Å². The summed E-state index contributed by atoms with van der Waals surface area (Å²) in [6.45, 7) is 0. The van der Waals surface area contributed by atoms with Gasteiger partial charge in [0.2, 0.25) is 0 Å². The van der Waals surface area contributed by atoms with Gasteiger partial charge < -0.3 is 0 Å². The number of hydrogen-bond acceptors (Lipinski definition) is 1. The van der Waals surface area contributed by atoms with Crippen LogP contribution in [0.1, 0.15) is 12.8 Å². The predicted molar refractivity (Wildman–Crippen MR) is 45.3 cm³/mol. The molecule has 0 aliphatic heterocycles. The number of fused-ring (bicyclic) bond motifs is 2. The first-order valence-electron chi connectivity index (χ1n) is 4.62. The molecule has 2 fully saturated rings. The number of allylic oxidation sites excluding steroid dienone is 1. The summed E-state index contributed by atoms with van der Waals surface area (Å²) in [5.74, 6) is 3.21. The van der Waals surface area contributed by atoms with Gasteiger partial charge >= 0.3 is 0 Å². The van der Waals surface area contributed by atoms with E-state index in [1.54, 1.807) is 0 Å². The highest BCUT2D eigenvalue weighted by molar-refractivity contribution is 5.21. The van der Waals surface area contributed by atoms with Gasteiger partial charge in [-0.3, -0.25) is 0 Å². The largest absolute Gasteiger partial charge is 0.0900 e. The molecule has 3 aliphatic carbocycles. The van der Waals surface area contributed by atoms with Crippen LogP contribution in [0.5, 0.6) is 0 Å². The van der Waals surface area contributed by atoms with Crippen molar-refractivity contribution in [2.45, 2.75) is 18.9 Å². The molecule has 3 rings (SSSR count). The zero-order valence-corrected chi connectivity index (χ0v) is 6.80. The van der Waals surface area contributed by atoms with Crippen molar-refractivity contribution in [3.63, 3.8) is 0 Å². The second kappa shape index (κ2) is 2.05. The van der Waals surface area contributed by atoms with Gasteiger partial charge in [-0.1, -0.05) is 17.3 Å². The molecule has 62 valence electrons. The lowest BCUT2D eigenvalue weighted by atomic mass is 9.84. The third-order valence-electron chi connectivity index (χ3n) is 3.73. The molecule has 0 aromatic rings. The van der Waals surface area contributed by atoms with E-state index in [2.05, 4.69) is 22.2 Å². The molecule has 12 heavy (non-hydrogen) atoms. The van der Waals surface area contributed by atoms with E-state index < -0.39 is 0 Å². The van der Waals surface area contributed by atoms with Crippen LogP contribution >= 0.6 is 0 Å². The maximum atomic E-state index is 8.38. The molecule has 0 aromatic carbocycles. The van der Waals surface area contributed by atoms with E-state index in [1.807, 2.05) is 0 Å². The van der Waals surface area contributed by atoms with Crippen LogP contribution in [-0.4, -0.2) is 6.04 Å². The van der Waals surface area contributed by atoms with E-state index in [-0.39, 0.29) is 6.04 Å². The van der Waals surface area contributed by atoms with Gasteiger partial charge in [0.1, 0.15) is 0 Å². The van der Waals surface area contributed by atoms with E-state index in [1.165, 1.54) is 6.42 Å². The van der Waals surface area contributed by atoms with Gasteiger partial charge in [-0.05, 0) is 42.0 Å². The van der Waals surface area contributed by atoms with Crippen molar-refractivity contribution in [3.8, 4) is 0 Å². The molecule has 3 heteroatoms. The van der Waals surface area contributed by atoms with Gasteiger partial charge in [0, 0.05) is 11.0 Å². The number of hydrogen-bond donors (Lipinski definition) is 0. The minimum absolute atomic E-state index is 0.264. The van der Waals surface area contributed by atoms with Gasteiger partial charge in [0.25, 0.3) is 0 Å². The summed E-state index contributed by atoms with van der Waals surface area (Å²) in [7, 11) is 0. The Morgan fingerprint density at radius 2 is 2.08 bits per heavy atom. The number of rotatable bonds is 1. The summed E-state index contributed by atoms with van der Waals surface area (Å²) in [5.41, 5.74) is 8.38. The molecule has 5 unspecified atom stereocenters. The topological polar surface area (TPSA) is 48.8 Å². The van der Waals surface area contributed by atoms with Crippen LogP contribution in [0.15, 0.2) is 17.3 Å². The van der Waals surface area contributed by atoms with Crippen molar-refractivity contribution in [1.82, 2.24) is 0 Å². The average molecular weight is 161 g/mol. The first-order chi connectivity index (χ1) is 5.90. The molecule has 0 heterocycles. The van der Waals surface area contributed by atoms with Crippen LogP contribution in [0.4, 0.5) is 0 Å². The van der Waals surface area contributed by atoms with Crippen LogP contribution in [-0.2, 0) is 0 Å². The molecule has 2 bridgehead atoms. The monoisotopic (exact) mass is 161 g/mol. The third kappa shape index (κ3) is 0.695. The second-order valence-electron chi connectivity index (χ2n) is 4.20. The SMILES string of the molecule is [N-]=[N+]=NC1CC2C3C=CC1CC32. The molecule has 0 N–H and O–H groups in total. The lowest BCUT2D eigenvalue weighted by Crippen LogP contribution is -2.22. The summed E-state index contributed by atoms with van der Waals surface area (Å²) >= 11 is 0. The Labute approximate surface area is 71.1 Å². The highest BCUT2D eigenvalue weighted by atomic mass is 15.2. The van der Waals surface area contributed by atoms with Gasteiger partial charge in [-0.2, -0.15) is 0 Å². The summed E-state index contributed by atoms with van der Waals surface area (Å²) in [4.78, 5) is 2.92. The van der Waals surface area contributed by atoms with Gasteiger partial charge in [-0.15, -0.1) is 0 Å². The Morgan fingerprint density at radius 3 is 2.92 bits per heavy atom. The van der Waals surface area contributed by atoms with Crippen molar-refractivity contribution in [1.29, 1.82) is 0 Å².